The number of allylic oxidation sites excluding steroid dienone is 22. The van der Waals surface area contributed by atoms with Gasteiger partial charge in [0.25, 0.3) is 0 Å². The van der Waals surface area contributed by atoms with Crippen LogP contribution in [0.5, 0.6) is 0 Å². The standard InChI is InChI=1S/C62H102NO8P/c1-6-8-10-12-14-16-18-20-22-23-24-25-26-27-28-29-30-31-32-33-34-35-36-37-38-39-41-43-45-47-49-51-53-55-62(65)71-60(59-70-72(66,67)69-57-56-63(3,4)5)58-68-61(64)54-52-50-48-46-44-42-40-21-19-17-15-13-11-9-7-2/h8-11,14-17,20-22,24-25,27-28,30-31,33-34,36-37,40,60H,6-7,12-13,18-19,23,26,29,32,35,38-39,41-59H2,1-5H3/p+1/b10-8-,11-9-,16-14-,17-15-,22-20-,25-24-,28-27-,31-30-,34-33-,37-36-,40-21-. The van der Waals surface area contributed by atoms with E-state index in [1.807, 2.05) is 21.1 Å². The van der Waals surface area contributed by atoms with Crippen molar-refractivity contribution < 1.29 is 42.1 Å². The van der Waals surface area contributed by atoms with Crippen molar-refractivity contribution in [3.8, 4) is 0 Å². The number of phosphoric acid groups is 1. The molecule has 0 aromatic rings. The van der Waals surface area contributed by atoms with Crippen molar-refractivity contribution in [1.82, 2.24) is 0 Å². The first-order valence-corrected chi connectivity index (χ1v) is 29.4. The van der Waals surface area contributed by atoms with Crippen LogP contribution in [0.3, 0.4) is 0 Å². The van der Waals surface area contributed by atoms with Gasteiger partial charge < -0.3 is 18.9 Å². The van der Waals surface area contributed by atoms with E-state index in [1.54, 1.807) is 0 Å². The molecule has 0 bridgehead atoms. The number of unbranched alkanes of at least 4 members (excludes halogenated alkanes) is 13. The van der Waals surface area contributed by atoms with Crippen molar-refractivity contribution in [2.45, 2.75) is 200 Å². The van der Waals surface area contributed by atoms with Gasteiger partial charge in [-0.15, -0.1) is 0 Å². The van der Waals surface area contributed by atoms with Crippen LogP contribution < -0.4 is 0 Å². The Morgan fingerprint density at radius 1 is 0.431 bits per heavy atom. The van der Waals surface area contributed by atoms with Crippen LogP contribution in [0.2, 0.25) is 0 Å². The van der Waals surface area contributed by atoms with Gasteiger partial charge in [0.15, 0.2) is 6.10 Å². The fraction of sp³-hybridized carbons (Fsp3) is 0.613. The molecule has 0 saturated carbocycles. The fourth-order valence-electron chi connectivity index (χ4n) is 6.93. The average Bonchev–Trinajstić information content (AvgIpc) is 3.34. The predicted molar refractivity (Wildman–Crippen MR) is 307 cm³/mol. The maximum Gasteiger partial charge on any atom is 0.472 e. The molecule has 0 aliphatic carbocycles. The molecule has 9 nitrogen and oxygen atoms in total. The van der Waals surface area contributed by atoms with Crippen molar-refractivity contribution in [3.63, 3.8) is 0 Å². The first-order valence-electron chi connectivity index (χ1n) is 27.9. The summed E-state index contributed by atoms with van der Waals surface area (Å²) in [6.45, 7) is 4.15. The Kier molecular flexibility index (Phi) is 49.2. The molecule has 0 aliphatic rings. The van der Waals surface area contributed by atoms with E-state index in [-0.39, 0.29) is 26.1 Å². The first-order chi connectivity index (χ1) is 35.0. The number of rotatable bonds is 49. The van der Waals surface area contributed by atoms with Crippen LogP contribution in [-0.4, -0.2) is 74.9 Å². The van der Waals surface area contributed by atoms with Crippen LogP contribution in [0.25, 0.3) is 0 Å². The summed E-state index contributed by atoms with van der Waals surface area (Å²) in [5, 5.41) is 0. The van der Waals surface area contributed by atoms with Crippen LogP contribution in [-0.2, 0) is 32.7 Å². The minimum atomic E-state index is -4.40. The van der Waals surface area contributed by atoms with Crippen molar-refractivity contribution in [2.75, 3.05) is 47.5 Å². The molecule has 0 spiro atoms. The molecule has 0 aliphatic heterocycles. The molecule has 0 rings (SSSR count). The minimum Gasteiger partial charge on any atom is -0.462 e. The summed E-state index contributed by atoms with van der Waals surface area (Å²) in [7, 11) is 1.44. The molecule has 2 unspecified atom stereocenters. The summed E-state index contributed by atoms with van der Waals surface area (Å²) in [4.78, 5) is 35.6. The average molecular weight is 1020 g/mol. The Bertz CT molecular complexity index is 1670. The highest BCUT2D eigenvalue weighted by molar-refractivity contribution is 7.47. The monoisotopic (exact) mass is 1020 g/mol. The third-order valence-electron chi connectivity index (χ3n) is 11.2. The number of nitrogens with zero attached hydrogens (tertiary/aromatic N) is 1. The van der Waals surface area contributed by atoms with Crippen molar-refractivity contribution >= 4 is 19.8 Å². The summed E-state index contributed by atoms with van der Waals surface area (Å²) in [6.07, 6.45) is 75.2. The molecule has 0 radical (unpaired) electrons. The molecule has 1 N–H and O–H groups in total. The Balaban J connectivity index is 4.21. The lowest BCUT2D eigenvalue weighted by atomic mass is 10.1. The second kappa shape index (κ2) is 52.0. The smallest absolute Gasteiger partial charge is 0.462 e. The highest BCUT2D eigenvalue weighted by Crippen LogP contribution is 2.43. The molecule has 408 valence electrons. The second-order valence-electron chi connectivity index (χ2n) is 19.2. The molecular formula is C62H103NO8P+. The molecule has 0 saturated heterocycles. The normalized spacial score (nSPS) is 14.4. The zero-order chi connectivity index (χ0) is 52.7. The Labute approximate surface area is 441 Å². The van der Waals surface area contributed by atoms with Gasteiger partial charge >= 0.3 is 19.8 Å². The largest absolute Gasteiger partial charge is 0.472 e. The highest BCUT2D eigenvalue weighted by Gasteiger charge is 2.27. The lowest BCUT2D eigenvalue weighted by Crippen LogP contribution is -2.37. The number of carbonyl (C=O) groups is 2. The summed E-state index contributed by atoms with van der Waals surface area (Å²) < 4.78 is 34.5. The van der Waals surface area contributed by atoms with Gasteiger partial charge in [0, 0.05) is 12.8 Å². The van der Waals surface area contributed by atoms with Crippen molar-refractivity contribution in [2.24, 2.45) is 0 Å². The summed E-state index contributed by atoms with van der Waals surface area (Å²) in [6, 6.07) is 0. The molecular weight excluding hydrogens is 918 g/mol. The van der Waals surface area contributed by atoms with Gasteiger partial charge in [-0.3, -0.25) is 18.6 Å². The molecule has 0 fully saturated rings. The van der Waals surface area contributed by atoms with Gasteiger partial charge in [-0.25, -0.2) is 4.57 Å². The third-order valence-corrected chi connectivity index (χ3v) is 12.2. The topological polar surface area (TPSA) is 108 Å². The van der Waals surface area contributed by atoms with E-state index in [4.69, 9.17) is 18.5 Å². The minimum absolute atomic E-state index is 0.0194. The van der Waals surface area contributed by atoms with Crippen molar-refractivity contribution in [1.29, 1.82) is 0 Å². The number of hydrogen-bond donors (Lipinski definition) is 1. The van der Waals surface area contributed by atoms with Gasteiger partial charge in [-0.05, 0) is 109 Å². The number of ether oxygens (including phenoxy) is 2. The molecule has 0 heterocycles. The Morgan fingerprint density at radius 2 is 0.750 bits per heavy atom. The number of likely N-dealkylation sites (N-methyl/N-ethyl adjacent to an activating group) is 1. The maximum atomic E-state index is 12.8. The third kappa shape index (κ3) is 55.5. The van der Waals surface area contributed by atoms with Gasteiger partial charge in [0.1, 0.15) is 19.8 Å². The van der Waals surface area contributed by atoms with E-state index in [9.17, 15) is 19.0 Å². The van der Waals surface area contributed by atoms with Gasteiger partial charge in [-0.1, -0.05) is 205 Å². The zero-order valence-electron chi connectivity index (χ0n) is 46.1. The van der Waals surface area contributed by atoms with Crippen LogP contribution >= 0.6 is 7.82 Å². The lowest BCUT2D eigenvalue weighted by Gasteiger charge is -2.24. The van der Waals surface area contributed by atoms with Crippen LogP contribution in [0.1, 0.15) is 194 Å². The summed E-state index contributed by atoms with van der Waals surface area (Å²) >= 11 is 0. The molecule has 2 atom stereocenters. The Hall–Kier alpha value is -3.85. The number of esters is 2. The summed E-state index contributed by atoms with van der Waals surface area (Å²) in [5.41, 5.74) is 0. The van der Waals surface area contributed by atoms with Gasteiger partial charge in [-0.2, -0.15) is 0 Å². The quantitative estimate of drug-likeness (QED) is 0.0211. The summed E-state index contributed by atoms with van der Waals surface area (Å²) in [5.74, 6) is -0.838. The lowest BCUT2D eigenvalue weighted by molar-refractivity contribution is -0.870. The van der Waals surface area contributed by atoms with Crippen LogP contribution in [0.15, 0.2) is 134 Å². The zero-order valence-corrected chi connectivity index (χ0v) is 47.0. The number of hydrogen-bond acceptors (Lipinski definition) is 7. The molecule has 0 amide bonds. The highest BCUT2D eigenvalue weighted by atomic mass is 31.2. The Morgan fingerprint density at radius 3 is 1.11 bits per heavy atom. The van der Waals surface area contributed by atoms with E-state index in [0.29, 0.717) is 23.9 Å². The fourth-order valence-corrected chi connectivity index (χ4v) is 7.67. The van der Waals surface area contributed by atoms with Crippen molar-refractivity contribution in [3.05, 3.63) is 134 Å². The van der Waals surface area contributed by atoms with Gasteiger partial charge in [0.2, 0.25) is 0 Å². The SMILES string of the molecule is CC/C=C\C/C=C\C/C=C\C/C=C\C/C=C\C/C=C\C/C=C\C/C=C\CCCCCCCCCCC(=O)OC(COC(=O)CCCCCCC/C=C\C/C=C\C/C=C\CC)COP(=O)(O)OCC[N+](C)(C)C. The molecule has 10 heteroatoms. The molecule has 72 heavy (non-hydrogen) atoms. The second-order valence-corrected chi connectivity index (χ2v) is 20.7. The number of carbonyl (C=O) groups excluding carboxylic acids is 2. The molecule has 0 aromatic heterocycles. The van der Waals surface area contributed by atoms with E-state index in [2.05, 4.69) is 148 Å². The van der Waals surface area contributed by atoms with E-state index < -0.39 is 32.5 Å². The predicted octanol–water partition coefficient (Wildman–Crippen LogP) is 17.4. The molecule has 0 aromatic carbocycles. The van der Waals surface area contributed by atoms with E-state index >= 15 is 0 Å². The number of quaternary nitrogens is 1. The van der Waals surface area contributed by atoms with E-state index in [1.165, 1.54) is 25.7 Å². The first kappa shape index (κ1) is 68.2. The number of phosphoric ester groups is 1. The van der Waals surface area contributed by atoms with E-state index in [0.717, 1.165) is 128 Å². The van der Waals surface area contributed by atoms with Gasteiger partial charge in [0.05, 0.1) is 27.7 Å². The van der Waals surface area contributed by atoms with Crippen LogP contribution in [0, 0.1) is 0 Å². The van der Waals surface area contributed by atoms with Crippen LogP contribution in [0.4, 0.5) is 0 Å². The maximum absolute atomic E-state index is 12.8.